The highest BCUT2D eigenvalue weighted by molar-refractivity contribution is 5.77. The van der Waals surface area contributed by atoms with E-state index >= 15 is 0 Å². The summed E-state index contributed by atoms with van der Waals surface area (Å²) >= 11 is 0. The van der Waals surface area contributed by atoms with Gasteiger partial charge in [-0.1, -0.05) is 0 Å². The van der Waals surface area contributed by atoms with Crippen molar-refractivity contribution < 1.29 is 5.11 Å². The smallest absolute Gasteiger partial charge is 0.203 e. The zero-order valence-corrected chi connectivity index (χ0v) is 6.33. The zero-order chi connectivity index (χ0) is 8.27. The highest BCUT2D eigenvalue weighted by Crippen LogP contribution is 2.21. The van der Waals surface area contributed by atoms with Crippen LogP contribution in [0.4, 0.5) is 0 Å². The van der Waals surface area contributed by atoms with E-state index in [-0.39, 0.29) is 18.1 Å². The van der Waals surface area contributed by atoms with Crippen molar-refractivity contribution in [3.63, 3.8) is 0 Å². The van der Waals surface area contributed by atoms with Gasteiger partial charge < -0.3 is 10.8 Å². The van der Waals surface area contributed by atoms with E-state index in [1.807, 2.05) is 0 Å². The molecule has 5 nitrogen and oxygen atoms in total. The monoisotopic (exact) mass is 158 g/mol. The van der Waals surface area contributed by atoms with Crippen LogP contribution in [0.1, 0.15) is 19.3 Å². The Balaban J connectivity index is 2.47. The van der Waals surface area contributed by atoms with Crippen molar-refractivity contribution >= 4 is 5.96 Å². The molecule has 1 fully saturated rings. The molecule has 6 N–H and O–H groups in total. The molecule has 2 unspecified atom stereocenters. The molecule has 0 saturated heterocycles. The van der Waals surface area contributed by atoms with Crippen LogP contribution in [-0.4, -0.2) is 23.2 Å². The fraction of sp³-hybridized carbons (Fsp3) is 0.833. The fourth-order valence-electron chi connectivity index (χ4n) is 1.29. The van der Waals surface area contributed by atoms with Gasteiger partial charge in [0.25, 0.3) is 0 Å². The molecule has 1 rings (SSSR count). The molecule has 0 amide bonds. The number of nitrogens with one attached hydrogen (secondary N) is 1. The summed E-state index contributed by atoms with van der Waals surface area (Å²) in [5, 5.41) is 9.30. The summed E-state index contributed by atoms with van der Waals surface area (Å²) < 4.78 is 0. The van der Waals surface area contributed by atoms with Gasteiger partial charge in [0.2, 0.25) is 5.96 Å². The molecule has 1 aliphatic carbocycles. The third kappa shape index (κ3) is 2.06. The van der Waals surface area contributed by atoms with Crippen molar-refractivity contribution in [2.24, 2.45) is 16.6 Å². The molecule has 64 valence electrons. The molecule has 0 aromatic heterocycles. The maximum atomic E-state index is 9.30. The van der Waals surface area contributed by atoms with Gasteiger partial charge in [0.05, 0.1) is 12.1 Å². The molecule has 1 aliphatic rings. The lowest BCUT2D eigenvalue weighted by atomic mass is 10.2. The van der Waals surface area contributed by atoms with Gasteiger partial charge in [0.15, 0.2) is 0 Å². The van der Waals surface area contributed by atoms with Gasteiger partial charge in [-0.3, -0.25) is 5.43 Å². The van der Waals surface area contributed by atoms with Crippen molar-refractivity contribution in [1.82, 2.24) is 5.43 Å². The van der Waals surface area contributed by atoms with Gasteiger partial charge in [-0.15, -0.1) is 0 Å². The van der Waals surface area contributed by atoms with Crippen LogP contribution in [0.15, 0.2) is 4.99 Å². The molecule has 11 heavy (non-hydrogen) atoms. The third-order valence-corrected chi connectivity index (χ3v) is 1.90. The first kappa shape index (κ1) is 8.29. The Kier molecular flexibility index (Phi) is 2.67. The Hall–Kier alpha value is -0.810. The van der Waals surface area contributed by atoms with Crippen LogP contribution in [-0.2, 0) is 0 Å². The Morgan fingerprint density at radius 3 is 2.73 bits per heavy atom. The molecule has 2 atom stereocenters. The lowest BCUT2D eigenvalue weighted by Crippen LogP contribution is -2.38. The molecule has 0 aliphatic heterocycles. The van der Waals surface area contributed by atoms with Crippen molar-refractivity contribution in [2.75, 3.05) is 0 Å². The number of aliphatic hydroxyl groups excluding tert-OH is 1. The number of hydrogen-bond acceptors (Lipinski definition) is 3. The minimum Gasteiger partial charge on any atom is -0.391 e. The second kappa shape index (κ2) is 3.54. The minimum atomic E-state index is -0.345. The Labute approximate surface area is 65.4 Å². The van der Waals surface area contributed by atoms with Crippen LogP contribution in [0.2, 0.25) is 0 Å². The van der Waals surface area contributed by atoms with Gasteiger partial charge in [0, 0.05) is 0 Å². The topological polar surface area (TPSA) is 96.7 Å². The maximum Gasteiger partial charge on any atom is 0.203 e. The van der Waals surface area contributed by atoms with Crippen LogP contribution < -0.4 is 17.0 Å². The van der Waals surface area contributed by atoms with Gasteiger partial charge in [-0.2, -0.15) is 0 Å². The Morgan fingerprint density at radius 1 is 1.55 bits per heavy atom. The second-order valence-electron chi connectivity index (χ2n) is 2.72. The summed E-state index contributed by atoms with van der Waals surface area (Å²) in [4.78, 5) is 3.98. The first-order valence-electron chi connectivity index (χ1n) is 3.72. The summed E-state index contributed by atoms with van der Waals surface area (Å²) in [5.41, 5.74) is 7.55. The van der Waals surface area contributed by atoms with Crippen molar-refractivity contribution in [2.45, 2.75) is 31.4 Å². The molecule has 0 heterocycles. The first-order chi connectivity index (χ1) is 5.24. The van der Waals surface area contributed by atoms with E-state index < -0.39 is 0 Å². The number of hydrazine groups is 1. The van der Waals surface area contributed by atoms with Gasteiger partial charge >= 0.3 is 0 Å². The number of nitrogens with zero attached hydrogens (tertiary/aromatic N) is 1. The summed E-state index contributed by atoms with van der Waals surface area (Å²) in [6.45, 7) is 0. The summed E-state index contributed by atoms with van der Waals surface area (Å²) in [5.74, 6) is 5.20. The van der Waals surface area contributed by atoms with Crippen molar-refractivity contribution in [1.29, 1.82) is 0 Å². The fourth-order valence-corrected chi connectivity index (χ4v) is 1.29. The SMILES string of the molecule is NNC(N)=NC1CCCC1O. The van der Waals surface area contributed by atoms with Gasteiger partial charge in [-0.25, -0.2) is 10.8 Å². The largest absolute Gasteiger partial charge is 0.391 e. The summed E-state index contributed by atoms with van der Waals surface area (Å²) in [7, 11) is 0. The van der Waals surface area contributed by atoms with Gasteiger partial charge in [0.1, 0.15) is 0 Å². The molecule has 0 radical (unpaired) electrons. The van der Waals surface area contributed by atoms with E-state index in [0.29, 0.717) is 0 Å². The van der Waals surface area contributed by atoms with Gasteiger partial charge in [-0.05, 0) is 19.3 Å². The van der Waals surface area contributed by atoms with E-state index in [4.69, 9.17) is 11.6 Å². The van der Waals surface area contributed by atoms with E-state index in [1.54, 1.807) is 0 Å². The summed E-state index contributed by atoms with van der Waals surface area (Å²) in [6, 6.07) is -0.0638. The number of hydrogen-bond donors (Lipinski definition) is 4. The lowest BCUT2D eigenvalue weighted by molar-refractivity contribution is 0.166. The molecular weight excluding hydrogens is 144 g/mol. The predicted octanol–water partition coefficient (Wildman–Crippen LogP) is -1.32. The Morgan fingerprint density at radius 2 is 2.27 bits per heavy atom. The molecule has 0 bridgehead atoms. The van der Waals surface area contributed by atoms with Crippen LogP contribution in [0.3, 0.4) is 0 Å². The number of nitrogens with two attached hydrogens (primary N) is 2. The molecule has 0 aromatic carbocycles. The lowest BCUT2D eigenvalue weighted by Gasteiger charge is -2.09. The van der Waals surface area contributed by atoms with Crippen LogP contribution in [0.25, 0.3) is 0 Å². The second-order valence-corrected chi connectivity index (χ2v) is 2.72. The Bertz CT molecular complexity index is 159. The molecule has 1 saturated carbocycles. The average Bonchev–Trinajstić information content (AvgIpc) is 2.37. The maximum absolute atomic E-state index is 9.30. The normalized spacial score (nSPS) is 32.4. The van der Waals surface area contributed by atoms with E-state index in [9.17, 15) is 5.11 Å². The van der Waals surface area contributed by atoms with Crippen LogP contribution >= 0.6 is 0 Å². The molecule has 5 heteroatoms. The number of rotatable bonds is 1. The highest BCUT2D eigenvalue weighted by Gasteiger charge is 2.24. The third-order valence-electron chi connectivity index (χ3n) is 1.90. The number of aliphatic hydroxyl groups is 1. The molecular formula is C6H14N4O. The van der Waals surface area contributed by atoms with Crippen molar-refractivity contribution in [3.05, 3.63) is 0 Å². The zero-order valence-electron chi connectivity index (χ0n) is 6.33. The van der Waals surface area contributed by atoms with Crippen LogP contribution in [0, 0.1) is 0 Å². The van der Waals surface area contributed by atoms with E-state index in [2.05, 4.69) is 10.4 Å². The predicted molar refractivity (Wildman–Crippen MR) is 42.6 cm³/mol. The minimum absolute atomic E-state index is 0.0638. The van der Waals surface area contributed by atoms with E-state index in [0.717, 1.165) is 19.3 Å². The molecule has 0 spiro atoms. The van der Waals surface area contributed by atoms with Crippen molar-refractivity contribution in [3.8, 4) is 0 Å². The first-order valence-corrected chi connectivity index (χ1v) is 3.72. The quantitative estimate of drug-likeness (QED) is 0.165. The number of guanidine groups is 1. The highest BCUT2D eigenvalue weighted by atomic mass is 16.3. The summed E-state index contributed by atoms with van der Waals surface area (Å²) in [6.07, 6.45) is 2.37. The van der Waals surface area contributed by atoms with E-state index in [1.165, 1.54) is 0 Å². The molecule has 0 aromatic rings. The van der Waals surface area contributed by atoms with Crippen LogP contribution in [0.5, 0.6) is 0 Å². The standard InChI is InChI=1S/C6H14N4O/c7-6(10-8)9-4-2-1-3-5(4)11/h4-5,11H,1-3,8H2,(H3,7,9,10). The average molecular weight is 158 g/mol. The number of aliphatic imine (C=N–C) groups is 1.